The van der Waals surface area contributed by atoms with Gasteiger partial charge in [-0.1, -0.05) is 23.9 Å². The Balaban J connectivity index is 2.19. The van der Waals surface area contributed by atoms with Crippen LogP contribution in [0.1, 0.15) is 6.92 Å². The van der Waals surface area contributed by atoms with E-state index in [1.807, 2.05) is 0 Å². The number of carbonyl (C=O) groups is 1. The van der Waals surface area contributed by atoms with E-state index in [1.54, 1.807) is 24.3 Å². The van der Waals surface area contributed by atoms with Gasteiger partial charge in [-0.3, -0.25) is 14.9 Å². The Morgan fingerprint density at radius 1 is 1.30 bits per heavy atom. The molecule has 0 aliphatic heterocycles. The number of aromatic nitrogens is 2. The van der Waals surface area contributed by atoms with E-state index < -0.39 is 4.92 Å². The molecule has 6 nitrogen and oxygen atoms in total. The van der Waals surface area contributed by atoms with E-state index in [2.05, 4.69) is 10.2 Å². The number of carbonyl (C=O) groups excluding carboxylic acids is 1. The summed E-state index contributed by atoms with van der Waals surface area (Å²) in [6, 6.07) is 9.69. The SMILES string of the molecule is CC(=O)CSc1ccc(-c2cccc([N+](=O)[O-])c2)nn1. The normalized spacial score (nSPS) is 10.2. The molecule has 1 aromatic carbocycles. The van der Waals surface area contributed by atoms with Gasteiger partial charge in [-0.15, -0.1) is 10.2 Å². The monoisotopic (exact) mass is 289 g/mol. The van der Waals surface area contributed by atoms with Crippen molar-refractivity contribution in [3.63, 3.8) is 0 Å². The van der Waals surface area contributed by atoms with Crippen LogP contribution in [0, 0.1) is 10.1 Å². The molecule has 0 aliphatic carbocycles. The lowest BCUT2D eigenvalue weighted by molar-refractivity contribution is -0.384. The quantitative estimate of drug-likeness (QED) is 0.478. The molecular formula is C13H11N3O3S. The number of Topliss-reactive ketones (excluding diaryl/α,β-unsaturated/α-hetero) is 1. The van der Waals surface area contributed by atoms with E-state index >= 15 is 0 Å². The molecule has 1 heterocycles. The van der Waals surface area contributed by atoms with Crippen molar-refractivity contribution in [1.82, 2.24) is 10.2 Å². The maximum Gasteiger partial charge on any atom is 0.270 e. The zero-order valence-electron chi connectivity index (χ0n) is 10.6. The van der Waals surface area contributed by atoms with Gasteiger partial charge in [0.15, 0.2) is 0 Å². The van der Waals surface area contributed by atoms with Crippen molar-refractivity contribution in [2.45, 2.75) is 11.9 Å². The average molecular weight is 289 g/mol. The zero-order chi connectivity index (χ0) is 14.5. The lowest BCUT2D eigenvalue weighted by atomic mass is 10.1. The summed E-state index contributed by atoms with van der Waals surface area (Å²) in [7, 11) is 0. The minimum atomic E-state index is -0.450. The first-order valence-electron chi connectivity index (χ1n) is 5.77. The molecule has 0 bridgehead atoms. The Bertz CT molecular complexity index is 644. The molecule has 2 rings (SSSR count). The lowest BCUT2D eigenvalue weighted by Crippen LogP contribution is -1.95. The number of nitro groups is 1. The summed E-state index contributed by atoms with van der Waals surface area (Å²) in [6.45, 7) is 1.51. The first kappa shape index (κ1) is 14.1. The van der Waals surface area contributed by atoms with Crippen molar-refractivity contribution in [1.29, 1.82) is 0 Å². The second-order valence-corrected chi connectivity index (χ2v) is 5.05. The van der Waals surface area contributed by atoms with Gasteiger partial charge in [0.25, 0.3) is 5.69 Å². The third-order valence-corrected chi connectivity index (χ3v) is 3.48. The van der Waals surface area contributed by atoms with E-state index in [0.717, 1.165) is 0 Å². The Kier molecular flexibility index (Phi) is 4.41. The molecule has 0 aliphatic rings. The minimum absolute atomic E-state index is 0.0133. The number of nitro benzene ring substituents is 1. The first-order chi connectivity index (χ1) is 9.56. The summed E-state index contributed by atoms with van der Waals surface area (Å²) < 4.78 is 0. The summed E-state index contributed by atoms with van der Waals surface area (Å²) >= 11 is 1.31. The van der Waals surface area contributed by atoms with Crippen LogP contribution in [0.25, 0.3) is 11.3 Å². The van der Waals surface area contributed by atoms with Gasteiger partial charge in [0.05, 0.1) is 16.4 Å². The Labute approximate surface area is 119 Å². The van der Waals surface area contributed by atoms with E-state index in [1.165, 1.54) is 30.8 Å². The zero-order valence-corrected chi connectivity index (χ0v) is 11.5. The highest BCUT2D eigenvalue weighted by Crippen LogP contribution is 2.23. The summed E-state index contributed by atoms with van der Waals surface area (Å²) in [6.07, 6.45) is 0. The standard InChI is InChI=1S/C13H11N3O3S/c1-9(17)8-20-13-6-5-12(14-15-13)10-3-2-4-11(7-10)16(18)19/h2-7H,8H2,1H3. The van der Waals surface area contributed by atoms with E-state index in [9.17, 15) is 14.9 Å². The Hall–Kier alpha value is -2.28. The topological polar surface area (TPSA) is 86.0 Å². The Morgan fingerprint density at radius 3 is 2.70 bits per heavy atom. The molecule has 0 saturated carbocycles. The number of nitrogens with zero attached hydrogens (tertiary/aromatic N) is 3. The van der Waals surface area contributed by atoms with E-state index in [4.69, 9.17) is 0 Å². The molecule has 0 unspecified atom stereocenters. The highest BCUT2D eigenvalue weighted by atomic mass is 32.2. The van der Waals surface area contributed by atoms with Crippen LogP contribution in [0.5, 0.6) is 0 Å². The van der Waals surface area contributed by atoms with Gasteiger partial charge >= 0.3 is 0 Å². The van der Waals surface area contributed by atoms with Gasteiger partial charge in [0.1, 0.15) is 10.8 Å². The third-order valence-electron chi connectivity index (χ3n) is 2.42. The molecule has 7 heteroatoms. The van der Waals surface area contributed by atoms with Crippen LogP contribution < -0.4 is 0 Å². The fourth-order valence-corrected chi connectivity index (χ4v) is 2.12. The molecule has 0 N–H and O–H groups in total. The lowest BCUT2D eigenvalue weighted by Gasteiger charge is -2.01. The molecule has 0 spiro atoms. The molecule has 2 aromatic rings. The van der Waals surface area contributed by atoms with E-state index in [-0.39, 0.29) is 11.5 Å². The van der Waals surface area contributed by atoms with Crippen LogP contribution in [0.4, 0.5) is 5.69 Å². The Morgan fingerprint density at radius 2 is 2.10 bits per heavy atom. The maximum atomic E-state index is 10.9. The maximum absolute atomic E-state index is 10.9. The molecule has 20 heavy (non-hydrogen) atoms. The van der Waals surface area contributed by atoms with Crippen molar-refractivity contribution >= 4 is 23.2 Å². The molecule has 1 aromatic heterocycles. The number of rotatable bonds is 5. The third kappa shape index (κ3) is 3.61. The number of hydrogen-bond acceptors (Lipinski definition) is 6. The van der Waals surface area contributed by atoms with Gasteiger partial charge in [-0.05, 0) is 19.1 Å². The number of thioether (sulfide) groups is 1. The number of ketones is 1. The van der Waals surface area contributed by atoms with Gasteiger partial charge in [0, 0.05) is 17.7 Å². The van der Waals surface area contributed by atoms with Gasteiger partial charge in [-0.2, -0.15) is 0 Å². The van der Waals surface area contributed by atoms with Crippen molar-refractivity contribution in [2.24, 2.45) is 0 Å². The molecule has 0 atom stereocenters. The fourth-order valence-electron chi connectivity index (χ4n) is 1.51. The average Bonchev–Trinajstić information content (AvgIpc) is 2.46. The molecule has 102 valence electrons. The first-order valence-corrected chi connectivity index (χ1v) is 6.75. The highest BCUT2D eigenvalue weighted by molar-refractivity contribution is 7.99. The van der Waals surface area contributed by atoms with Gasteiger partial charge in [-0.25, -0.2) is 0 Å². The van der Waals surface area contributed by atoms with Crippen molar-refractivity contribution < 1.29 is 9.72 Å². The van der Waals surface area contributed by atoms with Crippen LogP contribution in [0.15, 0.2) is 41.4 Å². The largest absolute Gasteiger partial charge is 0.299 e. The number of hydrogen-bond donors (Lipinski definition) is 0. The number of non-ortho nitro benzene ring substituents is 1. The van der Waals surface area contributed by atoms with Crippen molar-refractivity contribution in [3.8, 4) is 11.3 Å². The van der Waals surface area contributed by atoms with Crippen LogP contribution >= 0.6 is 11.8 Å². The predicted molar refractivity (Wildman–Crippen MR) is 75.5 cm³/mol. The summed E-state index contributed by atoms with van der Waals surface area (Å²) in [5, 5.41) is 19.4. The van der Waals surface area contributed by atoms with Crippen LogP contribution in [-0.2, 0) is 4.79 Å². The predicted octanol–water partition coefficient (Wildman–Crippen LogP) is 2.73. The summed E-state index contributed by atoms with van der Waals surface area (Å²) in [5.74, 6) is 0.421. The fraction of sp³-hybridized carbons (Fsp3) is 0.154. The second kappa shape index (κ2) is 6.25. The minimum Gasteiger partial charge on any atom is -0.299 e. The molecule has 0 saturated heterocycles. The number of benzene rings is 1. The van der Waals surface area contributed by atoms with Gasteiger partial charge in [0.2, 0.25) is 0 Å². The highest BCUT2D eigenvalue weighted by Gasteiger charge is 2.08. The summed E-state index contributed by atoms with van der Waals surface area (Å²) in [4.78, 5) is 21.1. The second-order valence-electron chi connectivity index (χ2n) is 4.05. The molecular weight excluding hydrogens is 278 g/mol. The van der Waals surface area contributed by atoms with Crippen LogP contribution in [-0.4, -0.2) is 26.7 Å². The molecule has 0 fully saturated rings. The van der Waals surface area contributed by atoms with Crippen LogP contribution in [0.3, 0.4) is 0 Å². The molecule has 0 amide bonds. The van der Waals surface area contributed by atoms with Crippen molar-refractivity contribution in [2.75, 3.05) is 5.75 Å². The molecule has 0 radical (unpaired) electrons. The van der Waals surface area contributed by atoms with E-state index in [0.29, 0.717) is 22.0 Å². The summed E-state index contributed by atoms with van der Waals surface area (Å²) in [5.41, 5.74) is 1.20. The van der Waals surface area contributed by atoms with Crippen molar-refractivity contribution in [3.05, 3.63) is 46.5 Å². The van der Waals surface area contributed by atoms with Gasteiger partial charge < -0.3 is 0 Å². The van der Waals surface area contributed by atoms with Crippen LogP contribution in [0.2, 0.25) is 0 Å². The smallest absolute Gasteiger partial charge is 0.270 e.